The molecule has 0 radical (unpaired) electrons. The predicted octanol–water partition coefficient (Wildman–Crippen LogP) is 7.15. The fraction of sp³-hybridized carbons (Fsp3) is 0. The van der Waals surface area contributed by atoms with Crippen LogP contribution in [-0.2, 0) is 10.0 Å². The molecule has 0 aliphatic rings. The Morgan fingerprint density at radius 1 is 0.833 bits per heavy atom. The standard InChI is InChI=1S/C21H13Cl3N2O2S2/c22-16-6-2-4-8-20(16)30(27,28)26-14-10-17(23)21(18(24)11-14)29-15-9-13-5-1-3-7-19(13)25-12-15/h1-12,26H. The molecule has 0 unspecified atom stereocenters. The van der Waals surface area contributed by atoms with Gasteiger partial charge in [0, 0.05) is 21.4 Å². The lowest BCUT2D eigenvalue weighted by Gasteiger charge is -2.13. The number of aromatic nitrogens is 1. The lowest BCUT2D eigenvalue weighted by molar-refractivity contribution is 0.601. The van der Waals surface area contributed by atoms with Crippen molar-refractivity contribution in [3.05, 3.63) is 88.0 Å². The normalized spacial score (nSPS) is 11.6. The highest BCUT2D eigenvalue weighted by molar-refractivity contribution is 7.99. The number of benzene rings is 3. The summed E-state index contributed by atoms with van der Waals surface area (Å²) >= 11 is 20.2. The Morgan fingerprint density at radius 3 is 2.23 bits per heavy atom. The minimum absolute atomic E-state index is 0.0281. The largest absolute Gasteiger partial charge is 0.279 e. The van der Waals surface area contributed by atoms with Crippen molar-refractivity contribution in [2.75, 3.05) is 4.72 Å². The van der Waals surface area contributed by atoms with E-state index >= 15 is 0 Å². The summed E-state index contributed by atoms with van der Waals surface area (Å²) in [5.41, 5.74) is 1.13. The number of nitrogens with zero attached hydrogens (tertiary/aromatic N) is 1. The Labute approximate surface area is 193 Å². The maximum Gasteiger partial charge on any atom is 0.263 e. The second-order valence-electron chi connectivity index (χ2n) is 6.27. The molecule has 152 valence electrons. The van der Waals surface area contributed by atoms with E-state index in [1.54, 1.807) is 18.3 Å². The fourth-order valence-corrected chi connectivity index (χ4v) is 5.93. The van der Waals surface area contributed by atoms with Crippen molar-refractivity contribution in [1.82, 2.24) is 4.98 Å². The van der Waals surface area contributed by atoms with Gasteiger partial charge in [-0.15, -0.1) is 0 Å². The minimum atomic E-state index is -3.89. The van der Waals surface area contributed by atoms with Crippen molar-refractivity contribution in [2.45, 2.75) is 14.7 Å². The van der Waals surface area contributed by atoms with Crippen LogP contribution in [0.4, 0.5) is 5.69 Å². The van der Waals surface area contributed by atoms with Gasteiger partial charge in [0.1, 0.15) is 4.90 Å². The van der Waals surface area contributed by atoms with Crippen LogP contribution in [0.1, 0.15) is 0 Å². The van der Waals surface area contributed by atoms with Gasteiger partial charge in [-0.2, -0.15) is 0 Å². The lowest BCUT2D eigenvalue weighted by Crippen LogP contribution is -2.13. The number of hydrogen-bond acceptors (Lipinski definition) is 4. The van der Waals surface area contributed by atoms with E-state index < -0.39 is 10.0 Å². The first-order valence-corrected chi connectivity index (χ1v) is 12.1. The smallest absolute Gasteiger partial charge is 0.263 e. The third-order valence-corrected chi connectivity index (χ3v) is 7.97. The summed E-state index contributed by atoms with van der Waals surface area (Å²) in [6, 6.07) is 19.0. The Balaban J connectivity index is 1.62. The van der Waals surface area contributed by atoms with Gasteiger partial charge in [-0.3, -0.25) is 9.71 Å². The van der Waals surface area contributed by atoms with E-state index in [1.165, 1.54) is 36.0 Å². The molecule has 0 saturated carbocycles. The molecule has 1 heterocycles. The number of pyridine rings is 1. The molecule has 0 aliphatic heterocycles. The van der Waals surface area contributed by atoms with Crippen molar-refractivity contribution in [2.24, 2.45) is 0 Å². The number of nitrogens with one attached hydrogen (secondary N) is 1. The molecule has 0 atom stereocenters. The fourth-order valence-electron chi connectivity index (χ4n) is 2.81. The van der Waals surface area contributed by atoms with E-state index in [-0.39, 0.29) is 15.6 Å². The molecule has 0 spiro atoms. The number of hydrogen-bond donors (Lipinski definition) is 1. The predicted molar refractivity (Wildman–Crippen MR) is 125 cm³/mol. The SMILES string of the molecule is O=S(=O)(Nc1cc(Cl)c(Sc2cnc3ccccc3c2)c(Cl)c1)c1ccccc1Cl. The number of anilines is 1. The summed E-state index contributed by atoms with van der Waals surface area (Å²) < 4.78 is 27.8. The Bertz CT molecular complexity index is 1340. The molecule has 3 aromatic carbocycles. The van der Waals surface area contributed by atoms with E-state index in [2.05, 4.69) is 9.71 Å². The Morgan fingerprint density at radius 2 is 1.50 bits per heavy atom. The van der Waals surface area contributed by atoms with Crippen LogP contribution in [0.25, 0.3) is 10.9 Å². The van der Waals surface area contributed by atoms with Gasteiger partial charge in [-0.05, 0) is 36.4 Å². The number of rotatable bonds is 5. The molecule has 4 rings (SSSR count). The van der Waals surface area contributed by atoms with Gasteiger partial charge in [-0.1, -0.05) is 76.9 Å². The molecule has 0 bridgehead atoms. The molecular weight excluding hydrogens is 483 g/mol. The molecular formula is C21H13Cl3N2O2S2. The summed E-state index contributed by atoms with van der Waals surface area (Å²) in [5.74, 6) is 0. The van der Waals surface area contributed by atoms with Crippen molar-refractivity contribution in [3.63, 3.8) is 0 Å². The highest BCUT2D eigenvalue weighted by Crippen LogP contribution is 2.41. The Kier molecular flexibility index (Phi) is 6.14. The summed E-state index contributed by atoms with van der Waals surface area (Å²) in [4.78, 5) is 5.88. The second-order valence-corrected chi connectivity index (χ2v) is 10.2. The summed E-state index contributed by atoms with van der Waals surface area (Å²) in [7, 11) is -3.89. The van der Waals surface area contributed by atoms with Gasteiger partial charge in [0.2, 0.25) is 0 Å². The number of sulfonamides is 1. The van der Waals surface area contributed by atoms with Gasteiger partial charge in [-0.25, -0.2) is 8.42 Å². The van der Waals surface area contributed by atoms with Crippen LogP contribution in [0.15, 0.2) is 87.6 Å². The quantitative estimate of drug-likeness (QED) is 0.319. The van der Waals surface area contributed by atoms with E-state index in [1.807, 2.05) is 30.3 Å². The second kappa shape index (κ2) is 8.65. The van der Waals surface area contributed by atoms with Crippen LogP contribution in [0, 0.1) is 0 Å². The molecule has 1 aromatic heterocycles. The molecule has 30 heavy (non-hydrogen) atoms. The van der Waals surface area contributed by atoms with Crippen molar-refractivity contribution < 1.29 is 8.42 Å². The minimum Gasteiger partial charge on any atom is -0.279 e. The third-order valence-electron chi connectivity index (χ3n) is 4.16. The van der Waals surface area contributed by atoms with Crippen LogP contribution in [0.3, 0.4) is 0 Å². The molecule has 0 amide bonds. The molecule has 4 nitrogen and oxygen atoms in total. The maximum atomic E-state index is 12.7. The molecule has 4 aromatic rings. The first-order chi connectivity index (χ1) is 14.3. The first-order valence-electron chi connectivity index (χ1n) is 8.62. The van der Waals surface area contributed by atoms with Crippen LogP contribution < -0.4 is 4.72 Å². The van der Waals surface area contributed by atoms with E-state index in [4.69, 9.17) is 34.8 Å². The van der Waals surface area contributed by atoms with E-state index in [0.717, 1.165) is 15.8 Å². The lowest BCUT2D eigenvalue weighted by atomic mass is 10.2. The van der Waals surface area contributed by atoms with Gasteiger partial charge in [0.15, 0.2) is 0 Å². The molecule has 9 heteroatoms. The Hall–Kier alpha value is -1.96. The zero-order valence-corrected chi connectivity index (χ0v) is 19.0. The number of para-hydroxylation sites is 1. The first kappa shape index (κ1) is 21.3. The van der Waals surface area contributed by atoms with Crippen molar-refractivity contribution in [1.29, 1.82) is 0 Å². The van der Waals surface area contributed by atoms with E-state index in [0.29, 0.717) is 14.9 Å². The monoisotopic (exact) mass is 494 g/mol. The molecule has 0 aliphatic carbocycles. The zero-order chi connectivity index (χ0) is 21.3. The number of fused-ring (bicyclic) bond motifs is 1. The summed E-state index contributed by atoms with van der Waals surface area (Å²) in [6.07, 6.45) is 1.74. The van der Waals surface area contributed by atoms with E-state index in [9.17, 15) is 8.42 Å². The average molecular weight is 496 g/mol. The van der Waals surface area contributed by atoms with Crippen LogP contribution >= 0.6 is 46.6 Å². The van der Waals surface area contributed by atoms with Crippen LogP contribution in [0.5, 0.6) is 0 Å². The average Bonchev–Trinajstić information content (AvgIpc) is 2.70. The van der Waals surface area contributed by atoms with Crippen molar-refractivity contribution in [3.8, 4) is 0 Å². The summed E-state index contributed by atoms with van der Waals surface area (Å²) in [5, 5.41) is 1.76. The van der Waals surface area contributed by atoms with Gasteiger partial charge in [0.25, 0.3) is 10.0 Å². The maximum absolute atomic E-state index is 12.7. The topological polar surface area (TPSA) is 59.1 Å². The molecule has 0 saturated heterocycles. The molecule has 1 N–H and O–H groups in total. The van der Waals surface area contributed by atoms with Crippen LogP contribution in [-0.4, -0.2) is 13.4 Å². The van der Waals surface area contributed by atoms with Gasteiger partial charge >= 0.3 is 0 Å². The van der Waals surface area contributed by atoms with Gasteiger partial charge < -0.3 is 0 Å². The molecule has 0 fully saturated rings. The van der Waals surface area contributed by atoms with Crippen molar-refractivity contribution >= 4 is 73.2 Å². The number of halogens is 3. The third kappa shape index (κ3) is 4.53. The van der Waals surface area contributed by atoms with Crippen LogP contribution in [0.2, 0.25) is 15.1 Å². The van der Waals surface area contributed by atoms with Gasteiger partial charge in [0.05, 0.1) is 26.3 Å². The summed E-state index contributed by atoms with van der Waals surface area (Å²) in [6.45, 7) is 0. The highest BCUT2D eigenvalue weighted by atomic mass is 35.5. The zero-order valence-electron chi connectivity index (χ0n) is 15.1. The highest BCUT2D eigenvalue weighted by Gasteiger charge is 2.19.